The summed E-state index contributed by atoms with van der Waals surface area (Å²) in [6, 6.07) is 5.84. The number of rotatable bonds is 0. The van der Waals surface area contributed by atoms with Crippen LogP contribution in [0.25, 0.3) is 0 Å². The number of benzene rings is 1. The molecule has 0 aliphatic heterocycles. The maximum Gasteiger partial charge on any atom is 0.115 e. The smallest absolute Gasteiger partial charge is 0.115 e. The predicted molar refractivity (Wildman–Crippen MR) is 76.3 cm³/mol. The molecule has 2 aliphatic carbocycles. The third-order valence-electron chi connectivity index (χ3n) is 5.87. The molecular weight excluding hydrogens is 236 g/mol. The van der Waals surface area contributed by atoms with E-state index >= 15 is 0 Å². The van der Waals surface area contributed by atoms with Gasteiger partial charge in [-0.3, -0.25) is 0 Å². The normalized spacial score (nSPS) is 36.4. The van der Waals surface area contributed by atoms with Gasteiger partial charge in [-0.25, -0.2) is 0 Å². The van der Waals surface area contributed by atoms with Crippen LogP contribution in [0.3, 0.4) is 0 Å². The minimum Gasteiger partial charge on any atom is -0.508 e. The van der Waals surface area contributed by atoms with Crippen LogP contribution in [0, 0.1) is 11.3 Å². The van der Waals surface area contributed by atoms with E-state index in [1.165, 1.54) is 11.1 Å². The van der Waals surface area contributed by atoms with Gasteiger partial charge in [0.05, 0.1) is 6.10 Å². The number of phenolic OH excluding ortho intramolecular Hbond substituents is 1. The van der Waals surface area contributed by atoms with Crippen LogP contribution in [-0.4, -0.2) is 16.3 Å². The highest BCUT2D eigenvalue weighted by Gasteiger charge is 2.53. The summed E-state index contributed by atoms with van der Waals surface area (Å²) >= 11 is 0. The van der Waals surface area contributed by atoms with E-state index in [4.69, 9.17) is 0 Å². The number of aliphatic hydroxyl groups is 1. The summed E-state index contributed by atoms with van der Waals surface area (Å²) in [7, 11) is 0. The maximum atomic E-state index is 10.3. The van der Waals surface area contributed by atoms with Crippen molar-refractivity contribution >= 4 is 0 Å². The molecule has 1 fully saturated rings. The molecule has 1 aromatic carbocycles. The summed E-state index contributed by atoms with van der Waals surface area (Å²) in [6.07, 6.45) is 3.85. The second-order valence-electron chi connectivity index (χ2n) is 7.23. The fourth-order valence-electron chi connectivity index (χ4n) is 4.69. The van der Waals surface area contributed by atoms with Gasteiger partial charge in [-0.1, -0.05) is 26.8 Å². The molecule has 0 saturated heterocycles. The Balaban J connectivity index is 2.10. The van der Waals surface area contributed by atoms with Crippen LogP contribution in [-0.2, 0) is 11.8 Å². The highest BCUT2D eigenvalue weighted by Crippen LogP contribution is 2.57. The van der Waals surface area contributed by atoms with Crippen LogP contribution in [0.15, 0.2) is 18.2 Å². The standard InChI is InChI=1S/C17H24O2/c1-16(2)14-7-4-11-10-12(18)5-6-13(11)17(14,3)9-8-15(16)19/h5-6,10,14-15,18-19H,4,7-9H2,1-3H3/t14-,15-,17+/m0/s1. The Hall–Kier alpha value is -1.02. The molecule has 1 aromatic rings. The Morgan fingerprint density at radius 3 is 2.63 bits per heavy atom. The summed E-state index contributed by atoms with van der Waals surface area (Å²) in [4.78, 5) is 0. The van der Waals surface area contributed by atoms with E-state index in [0.29, 0.717) is 11.7 Å². The minimum atomic E-state index is -0.191. The minimum absolute atomic E-state index is 0.0252. The van der Waals surface area contributed by atoms with Crippen molar-refractivity contribution in [2.75, 3.05) is 0 Å². The summed E-state index contributed by atoms with van der Waals surface area (Å²) in [5.74, 6) is 0.886. The fourth-order valence-corrected chi connectivity index (χ4v) is 4.69. The molecule has 1 saturated carbocycles. The van der Waals surface area contributed by atoms with Crippen molar-refractivity contribution in [3.05, 3.63) is 29.3 Å². The highest BCUT2D eigenvalue weighted by molar-refractivity contribution is 5.43. The molecule has 0 aromatic heterocycles. The predicted octanol–water partition coefficient (Wildman–Crippen LogP) is 3.39. The zero-order valence-electron chi connectivity index (χ0n) is 12.1. The molecule has 0 spiro atoms. The van der Waals surface area contributed by atoms with Crippen molar-refractivity contribution in [2.24, 2.45) is 11.3 Å². The van der Waals surface area contributed by atoms with E-state index in [1.807, 2.05) is 12.1 Å². The van der Waals surface area contributed by atoms with E-state index in [-0.39, 0.29) is 16.9 Å². The van der Waals surface area contributed by atoms with Gasteiger partial charge in [0.2, 0.25) is 0 Å². The zero-order chi connectivity index (χ0) is 13.8. The van der Waals surface area contributed by atoms with Crippen molar-refractivity contribution in [1.82, 2.24) is 0 Å². The molecular formula is C17H24O2. The van der Waals surface area contributed by atoms with Gasteiger partial charge >= 0.3 is 0 Å². The molecule has 2 nitrogen and oxygen atoms in total. The lowest BCUT2D eigenvalue weighted by Crippen LogP contribution is -2.53. The van der Waals surface area contributed by atoms with Gasteiger partial charge in [0, 0.05) is 0 Å². The average molecular weight is 260 g/mol. The van der Waals surface area contributed by atoms with E-state index in [2.05, 4.69) is 26.8 Å². The first kappa shape index (κ1) is 13.0. The first-order valence-electron chi connectivity index (χ1n) is 7.36. The lowest BCUT2D eigenvalue weighted by Gasteiger charge is -2.56. The molecule has 0 radical (unpaired) electrons. The Labute approximate surface area is 115 Å². The first-order valence-corrected chi connectivity index (χ1v) is 7.36. The monoisotopic (exact) mass is 260 g/mol. The molecule has 3 rings (SSSR count). The van der Waals surface area contributed by atoms with Crippen LogP contribution in [0.5, 0.6) is 5.75 Å². The van der Waals surface area contributed by atoms with E-state index in [9.17, 15) is 10.2 Å². The third-order valence-corrected chi connectivity index (χ3v) is 5.87. The molecule has 0 unspecified atom stereocenters. The van der Waals surface area contributed by atoms with Gasteiger partial charge < -0.3 is 10.2 Å². The molecule has 2 N–H and O–H groups in total. The van der Waals surface area contributed by atoms with Gasteiger partial charge in [-0.05, 0) is 65.7 Å². The maximum absolute atomic E-state index is 10.3. The summed E-state index contributed by atoms with van der Waals surface area (Å²) < 4.78 is 0. The molecule has 3 atom stereocenters. The summed E-state index contributed by atoms with van der Waals surface area (Å²) in [6.45, 7) is 6.77. The van der Waals surface area contributed by atoms with Gasteiger partial charge in [-0.2, -0.15) is 0 Å². The van der Waals surface area contributed by atoms with Crippen LogP contribution < -0.4 is 0 Å². The second kappa shape index (κ2) is 3.99. The largest absolute Gasteiger partial charge is 0.508 e. The van der Waals surface area contributed by atoms with Gasteiger partial charge in [0.15, 0.2) is 0 Å². The topological polar surface area (TPSA) is 40.5 Å². The number of aliphatic hydroxyl groups excluding tert-OH is 1. The van der Waals surface area contributed by atoms with E-state index in [0.717, 1.165) is 25.7 Å². The summed E-state index contributed by atoms with van der Waals surface area (Å²) in [5.41, 5.74) is 2.81. The second-order valence-corrected chi connectivity index (χ2v) is 7.23. The molecule has 2 heteroatoms. The van der Waals surface area contributed by atoms with Crippen molar-refractivity contribution < 1.29 is 10.2 Å². The van der Waals surface area contributed by atoms with E-state index in [1.54, 1.807) is 0 Å². The number of aromatic hydroxyl groups is 1. The Kier molecular flexibility index (Phi) is 2.72. The van der Waals surface area contributed by atoms with Crippen molar-refractivity contribution in [2.45, 2.75) is 58.0 Å². The number of aryl methyl sites for hydroxylation is 1. The molecule has 104 valence electrons. The quantitative estimate of drug-likeness (QED) is 0.750. The van der Waals surface area contributed by atoms with Crippen LogP contribution in [0.1, 0.15) is 51.2 Å². The van der Waals surface area contributed by atoms with Crippen molar-refractivity contribution in [1.29, 1.82) is 0 Å². The lowest BCUT2D eigenvalue weighted by molar-refractivity contribution is -0.0731. The zero-order valence-corrected chi connectivity index (χ0v) is 12.1. The van der Waals surface area contributed by atoms with Gasteiger partial charge in [-0.15, -0.1) is 0 Å². The Morgan fingerprint density at radius 2 is 1.89 bits per heavy atom. The van der Waals surface area contributed by atoms with Crippen LogP contribution in [0.2, 0.25) is 0 Å². The van der Waals surface area contributed by atoms with Crippen LogP contribution >= 0.6 is 0 Å². The number of hydrogen-bond donors (Lipinski definition) is 2. The average Bonchev–Trinajstić information content (AvgIpc) is 2.34. The molecule has 0 bridgehead atoms. The number of phenols is 1. The summed E-state index contributed by atoms with van der Waals surface area (Å²) in [5, 5.41) is 20.0. The van der Waals surface area contributed by atoms with Crippen molar-refractivity contribution in [3.8, 4) is 5.75 Å². The van der Waals surface area contributed by atoms with Gasteiger partial charge in [0.1, 0.15) is 5.75 Å². The number of fused-ring (bicyclic) bond motifs is 3. The van der Waals surface area contributed by atoms with Crippen LogP contribution in [0.4, 0.5) is 0 Å². The highest BCUT2D eigenvalue weighted by atomic mass is 16.3. The Morgan fingerprint density at radius 1 is 1.16 bits per heavy atom. The number of hydrogen-bond acceptors (Lipinski definition) is 2. The molecule has 0 heterocycles. The molecule has 2 aliphatic rings. The molecule has 19 heavy (non-hydrogen) atoms. The van der Waals surface area contributed by atoms with Gasteiger partial charge in [0.25, 0.3) is 0 Å². The first-order chi connectivity index (χ1) is 8.85. The lowest BCUT2D eigenvalue weighted by atomic mass is 9.49. The Bertz CT molecular complexity index is 506. The third kappa shape index (κ3) is 1.73. The van der Waals surface area contributed by atoms with E-state index < -0.39 is 0 Å². The molecule has 0 amide bonds. The SMILES string of the molecule is CC1(C)[C@@H](O)CC[C@]2(C)c3ccc(O)cc3CC[C@@H]12. The fraction of sp³-hybridized carbons (Fsp3) is 0.647. The van der Waals surface area contributed by atoms with Crippen molar-refractivity contribution in [3.63, 3.8) is 0 Å².